The molecule has 6 rings (SSSR count). The standard InChI is InChI=1S/C41H48N2O5/c1-26-22-34-38(41(48)43(40(34)47)33-16-18-42(19-17-33)24-29-10-6-4-7-11-29)35(25-44)37(26)36(45)15-14-32(31-12-8-5-9-13-31)23-30-20-27(2)39(46)28(3)21-30/h4-13,20-21,23,33-36,38,44-46H,14-19,22,24-25H2,1-3H3/b32-23-/t34-,35+,36-,38-/m1/s1. The normalized spacial score (nSPS) is 23.1. The smallest absolute Gasteiger partial charge is 0.234 e. The van der Waals surface area contributed by atoms with Crippen LogP contribution in [0.4, 0.5) is 0 Å². The van der Waals surface area contributed by atoms with E-state index < -0.39 is 23.9 Å². The summed E-state index contributed by atoms with van der Waals surface area (Å²) in [6.07, 6.45) is 4.11. The SMILES string of the molecule is CC1=C([C@H](O)CC/C(=C/c2cc(C)c(O)c(C)c2)c2ccccc2)[C@H](CO)[C@@H]2C(=O)N(C3CCN(Cc4ccccc4)CC3)C(=O)[C@@H]2C1. The van der Waals surface area contributed by atoms with E-state index in [9.17, 15) is 24.9 Å². The van der Waals surface area contributed by atoms with Gasteiger partial charge < -0.3 is 15.3 Å². The highest BCUT2D eigenvalue weighted by Gasteiger charge is 2.56. The van der Waals surface area contributed by atoms with Gasteiger partial charge in [0.05, 0.1) is 24.5 Å². The molecule has 3 aliphatic rings. The molecule has 2 fully saturated rings. The monoisotopic (exact) mass is 648 g/mol. The average Bonchev–Trinajstić information content (AvgIpc) is 3.34. The van der Waals surface area contributed by atoms with Crippen molar-refractivity contribution >= 4 is 23.5 Å². The van der Waals surface area contributed by atoms with Gasteiger partial charge in [0, 0.05) is 31.6 Å². The number of hydrogen-bond donors (Lipinski definition) is 3. The molecule has 7 nitrogen and oxygen atoms in total. The summed E-state index contributed by atoms with van der Waals surface area (Å²) in [6.45, 7) is 7.91. The van der Waals surface area contributed by atoms with Crippen molar-refractivity contribution in [3.8, 4) is 5.75 Å². The topological polar surface area (TPSA) is 101 Å². The zero-order chi connectivity index (χ0) is 33.9. The van der Waals surface area contributed by atoms with E-state index in [4.69, 9.17) is 0 Å². The molecule has 7 heteroatoms. The summed E-state index contributed by atoms with van der Waals surface area (Å²) in [4.78, 5) is 31.8. The highest BCUT2D eigenvalue weighted by atomic mass is 16.3. The molecule has 3 aromatic carbocycles. The highest BCUT2D eigenvalue weighted by molar-refractivity contribution is 6.06. The summed E-state index contributed by atoms with van der Waals surface area (Å²) in [5.41, 5.74) is 7.54. The number of nitrogens with zero attached hydrogens (tertiary/aromatic N) is 2. The van der Waals surface area contributed by atoms with Crippen LogP contribution in [0, 0.1) is 31.6 Å². The number of fused-ring (bicyclic) bond motifs is 1. The van der Waals surface area contributed by atoms with Gasteiger partial charge in [0.25, 0.3) is 0 Å². The maximum atomic E-state index is 14.0. The van der Waals surface area contributed by atoms with Gasteiger partial charge in [0.2, 0.25) is 11.8 Å². The Labute approximate surface area is 284 Å². The number of carbonyl (C=O) groups is 2. The van der Waals surface area contributed by atoms with E-state index in [1.165, 1.54) is 10.5 Å². The number of imide groups is 1. The molecule has 3 N–H and O–H groups in total. The van der Waals surface area contributed by atoms with Gasteiger partial charge in [-0.2, -0.15) is 0 Å². The number of rotatable bonds is 10. The van der Waals surface area contributed by atoms with Gasteiger partial charge in [-0.05, 0) is 104 Å². The van der Waals surface area contributed by atoms with Crippen LogP contribution in [0.2, 0.25) is 0 Å². The Bertz CT molecular complexity index is 1670. The molecule has 48 heavy (non-hydrogen) atoms. The predicted octanol–water partition coefficient (Wildman–Crippen LogP) is 6.29. The van der Waals surface area contributed by atoms with Crippen molar-refractivity contribution in [2.45, 2.75) is 71.6 Å². The lowest BCUT2D eigenvalue weighted by Gasteiger charge is -2.36. The van der Waals surface area contributed by atoms with Crippen molar-refractivity contribution in [1.29, 1.82) is 0 Å². The van der Waals surface area contributed by atoms with Crippen molar-refractivity contribution in [3.05, 3.63) is 112 Å². The van der Waals surface area contributed by atoms with Crippen LogP contribution in [0.1, 0.15) is 66.8 Å². The first-order chi connectivity index (χ1) is 23.2. The molecular formula is C41H48N2O5. The van der Waals surface area contributed by atoms with Crippen LogP contribution < -0.4 is 0 Å². The minimum absolute atomic E-state index is 0.119. The first kappa shape index (κ1) is 33.8. The average molecular weight is 649 g/mol. The van der Waals surface area contributed by atoms with E-state index >= 15 is 0 Å². The number of phenolic OH excluding ortho intramolecular Hbond substituents is 1. The Morgan fingerprint density at radius 3 is 2.17 bits per heavy atom. The number of phenols is 1. The number of piperidine rings is 1. The summed E-state index contributed by atoms with van der Waals surface area (Å²) in [5.74, 6) is -1.75. The van der Waals surface area contributed by atoms with E-state index in [1.54, 1.807) is 0 Å². The minimum atomic E-state index is -0.864. The summed E-state index contributed by atoms with van der Waals surface area (Å²) >= 11 is 0. The Hall–Kier alpha value is -4.04. The molecule has 0 radical (unpaired) electrons. The Morgan fingerprint density at radius 2 is 1.54 bits per heavy atom. The fourth-order valence-corrected chi connectivity index (χ4v) is 8.35. The zero-order valence-corrected chi connectivity index (χ0v) is 28.3. The molecule has 0 unspecified atom stereocenters. The van der Waals surface area contributed by atoms with Crippen LogP contribution in [0.25, 0.3) is 11.6 Å². The third-order valence-corrected chi connectivity index (χ3v) is 10.8. The molecule has 0 bridgehead atoms. The number of benzene rings is 3. The molecule has 1 aliphatic carbocycles. The molecule has 0 spiro atoms. The molecule has 2 aliphatic heterocycles. The number of hydrogen-bond acceptors (Lipinski definition) is 6. The zero-order valence-electron chi connectivity index (χ0n) is 28.3. The molecule has 4 atom stereocenters. The maximum absolute atomic E-state index is 14.0. The lowest BCUT2D eigenvalue weighted by atomic mass is 9.68. The molecule has 252 valence electrons. The van der Waals surface area contributed by atoms with Gasteiger partial charge in [-0.15, -0.1) is 0 Å². The van der Waals surface area contributed by atoms with Crippen LogP contribution in [0.15, 0.2) is 83.9 Å². The lowest BCUT2D eigenvalue weighted by Crippen LogP contribution is -2.47. The first-order valence-electron chi connectivity index (χ1n) is 17.3. The second-order valence-corrected chi connectivity index (χ2v) is 14.0. The lowest BCUT2D eigenvalue weighted by molar-refractivity contribution is -0.144. The Morgan fingerprint density at radius 1 is 0.917 bits per heavy atom. The number of aryl methyl sites for hydroxylation is 2. The van der Waals surface area contributed by atoms with Gasteiger partial charge in [-0.1, -0.05) is 72.3 Å². The number of amides is 2. The van der Waals surface area contributed by atoms with E-state index in [1.807, 2.05) is 81.4 Å². The summed E-state index contributed by atoms with van der Waals surface area (Å²) in [5, 5.41) is 32.7. The molecule has 3 aromatic rings. The van der Waals surface area contributed by atoms with Crippen LogP contribution in [-0.4, -0.2) is 68.8 Å². The predicted molar refractivity (Wildman–Crippen MR) is 189 cm³/mol. The fourth-order valence-electron chi connectivity index (χ4n) is 8.35. The molecule has 0 aromatic heterocycles. The van der Waals surface area contributed by atoms with E-state index in [-0.39, 0.29) is 24.5 Å². The third-order valence-electron chi connectivity index (χ3n) is 10.8. The van der Waals surface area contributed by atoms with Gasteiger partial charge in [-0.25, -0.2) is 0 Å². The largest absolute Gasteiger partial charge is 0.507 e. The number of likely N-dealkylation sites (tertiary alicyclic amines) is 2. The van der Waals surface area contributed by atoms with Crippen LogP contribution in [-0.2, 0) is 16.1 Å². The van der Waals surface area contributed by atoms with Crippen LogP contribution in [0.5, 0.6) is 5.75 Å². The summed E-state index contributed by atoms with van der Waals surface area (Å²) in [7, 11) is 0. The highest BCUT2D eigenvalue weighted by Crippen LogP contribution is 2.47. The Balaban J connectivity index is 1.17. The van der Waals surface area contributed by atoms with Crippen molar-refractivity contribution in [3.63, 3.8) is 0 Å². The summed E-state index contributed by atoms with van der Waals surface area (Å²) in [6, 6.07) is 24.2. The molecule has 2 heterocycles. The maximum Gasteiger partial charge on any atom is 0.234 e. The van der Waals surface area contributed by atoms with Crippen LogP contribution >= 0.6 is 0 Å². The van der Waals surface area contributed by atoms with Crippen molar-refractivity contribution in [2.24, 2.45) is 17.8 Å². The fraction of sp³-hybridized carbons (Fsp3) is 0.415. The molecule has 2 amide bonds. The van der Waals surface area contributed by atoms with Crippen molar-refractivity contribution < 1.29 is 24.9 Å². The van der Waals surface area contributed by atoms with Gasteiger partial charge in [0.15, 0.2) is 0 Å². The summed E-state index contributed by atoms with van der Waals surface area (Å²) < 4.78 is 0. The van der Waals surface area contributed by atoms with E-state index in [0.717, 1.165) is 65.9 Å². The number of aliphatic hydroxyl groups is 2. The van der Waals surface area contributed by atoms with Crippen molar-refractivity contribution in [1.82, 2.24) is 9.80 Å². The minimum Gasteiger partial charge on any atom is -0.507 e. The van der Waals surface area contributed by atoms with Gasteiger partial charge >= 0.3 is 0 Å². The number of aromatic hydroxyl groups is 1. The second kappa shape index (κ2) is 14.6. The van der Waals surface area contributed by atoms with E-state index in [2.05, 4.69) is 23.1 Å². The Kier molecular flexibility index (Phi) is 10.3. The second-order valence-electron chi connectivity index (χ2n) is 14.0. The third kappa shape index (κ3) is 6.91. The van der Waals surface area contributed by atoms with Gasteiger partial charge in [-0.3, -0.25) is 19.4 Å². The van der Waals surface area contributed by atoms with Crippen molar-refractivity contribution in [2.75, 3.05) is 19.7 Å². The first-order valence-corrected chi connectivity index (χ1v) is 17.3. The molecular weight excluding hydrogens is 600 g/mol. The quantitative estimate of drug-likeness (QED) is 0.136. The number of allylic oxidation sites excluding steroid dienone is 2. The molecule has 0 saturated carbocycles. The number of aliphatic hydroxyl groups excluding tert-OH is 2. The van der Waals surface area contributed by atoms with E-state index in [0.29, 0.717) is 30.6 Å². The number of carbonyl (C=O) groups excluding carboxylic acids is 2. The van der Waals surface area contributed by atoms with Gasteiger partial charge in [0.1, 0.15) is 5.75 Å². The molecule has 2 saturated heterocycles. The van der Waals surface area contributed by atoms with Crippen LogP contribution in [0.3, 0.4) is 0 Å².